The normalized spacial score (nSPS) is 18.3. The lowest BCUT2D eigenvalue weighted by molar-refractivity contribution is -0.117. The van der Waals surface area contributed by atoms with E-state index in [4.69, 9.17) is 16.3 Å². The predicted octanol–water partition coefficient (Wildman–Crippen LogP) is 3.58. The summed E-state index contributed by atoms with van der Waals surface area (Å²) < 4.78 is 5.46. The molecule has 2 aromatic carbocycles. The molecule has 0 unspecified atom stereocenters. The third-order valence-electron chi connectivity index (χ3n) is 5.90. The van der Waals surface area contributed by atoms with Gasteiger partial charge in [-0.3, -0.25) is 14.5 Å². The summed E-state index contributed by atoms with van der Waals surface area (Å²) in [6.07, 6.45) is 1.32. The van der Waals surface area contributed by atoms with Gasteiger partial charge in [0.15, 0.2) is 0 Å². The highest BCUT2D eigenvalue weighted by Gasteiger charge is 2.25. The van der Waals surface area contributed by atoms with E-state index >= 15 is 0 Å². The Labute approximate surface area is 188 Å². The summed E-state index contributed by atoms with van der Waals surface area (Å²) in [5.41, 5.74) is 3.35. The molecule has 0 aromatic heterocycles. The number of hydrogen-bond donors (Lipinski definition) is 1. The van der Waals surface area contributed by atoms with Gasteiger partial charge >= 0.3 is 0 Å². The average Bonchev–Trinajstić information content (AvgIpc) is 3.20. The number of amides is 2. The molecule has 6 nitrogen and oxygen atoms in total. The van der Waals surface area contributed by atoms with Gasteiger partial charge in [0.05, 0.1) is 30.0 Å². The number of carbonyl (C=O) groups is 2. The van der Waals surface area contributed by atoms with Crippen LogP contribution in [0.1, 0.15) is 40.4 Å². The van der Waals surface area contributed by atoms with E-state index in [1.807, 2.05) is 6.92 Å². The number of ether oxygens (including phenoxy) is 1. The summed E-state index contributed by atoms with van der Waals surface area (Å²) in [7, 11) is 0. The third kappa shape index (κ3) is 5.26. The summed E-state index contributed by atoms with van der Waals surface area (Å²) in [5.74, 6) is -0.132. The van der Waals surface area contributed by atoms with E-state index in [2.05, 4.69) is 34.5 Å². The van der Waals surface area contributed by atoms with Gasteiger partial charge in [-0.15, -0.1) is 0 Å². The molecule has 31 heavy (non-hydrogen) atoms. The van der Waals surface area contributed by atoms with Crippen LogP contribution < -0.4 is 10.2 Å². The molecule has 0 radical (unpaired) electrons. The van der Waals surface area contributed by atoms with Crippen LogP contribution in [0, 0.1) is 6.92 Å². The number of rotatable bonds is 6. The van der Waals surface area contributed by atoms with Gasteiger partial charge in [-0.05, 0) is 37.1 Å². The SMILES string of the molecule is Cc1ccc([C@H](CN2CCOCC2)NC(=O)c2ccc(Cl)c(N3CCCC3=O)c2)cc1. The monoisotopic (exact) mass is 441 g/mol. The maximum Gasteiger partial charge on any atom is 0.251 e. The standard InChI is InChI=1S/C24H28ClN3O3/c1-17-4-6-18(7-5-17)21(16-27-11-13-31-14-12-27)26-24(30)19-8-9-20(25)22(15-19)28-10-2-3-23(28)29/h4-9,15,21H,2-3,10-14,16H2,1H3,(H,26,30)/t21-/m0/s1. The Balaban J connectivity index is 1.55. The molecule has 2 heterocycles. The number of nitrogens with zero attached hydrogens (tertiary/aromatic N) is 2. The highest BCUT2D eigenvalue weighted by Crippen LogP contribution is 2.30. The number of anilines is 1. The second-order valence-electron chi connectivity index (χ2n) is 8.16. The molecule has 2 aromatic rings. The molecule has 2 fully saturated rings. The van der Waals surface area contributed by atoms with Crippen molar-refractivity contribution in [2.45, 2.75) is 25.8 Å². The minimum Gasteiger partial charge on any atom is -0.379 e. The van der Waals surface area contributed by atoms with Gasteiger partial charge in [0.1, 0.15) is 0 Å². The molecule has 2 aliphatic rings. The van der Waals surface area contributed by atoms with E-state index in [1.165, 1.54) is 5.56 Å². The molecule has 0 spiro atoms. The van der Waals surface area contributed by atoms with Gasteiger partial charge in [0, 0.05) is 38.2 Å². The Hall–Kier alpha value is -2.41. The van der Waals surface area contributed by atoms with Crippen molar-refractivity contribution in [1.29, 1.82) is 0 Å². The van der Waals surface area contributed by atoms with Crippen LogP contribution in [0.2, 0.25) is 5.02 Å². The lowest BCUT2D eigenvalue weighted by Gasteiger charge is -2.31. The van der Waals surface area contributed by atoms with Crippen molar-refractivity contribution in [3.8, 4) is 0 Å². The minimum atomic E-state index is -0.177. The fourth-order valence-corrected chi connectivity index (χ4v) is 4.30. The summed E-state index contributed by atoms with van der Waals surface area (Å²) in [6.45, 7) is 6.50. The van der Waals surface area contributed by atoms with Gasteiger partial charge in [0.25, 0.3) is 5.91 Å². The van der Waals surface area contributed by atoms with Crippen LogP contribution in [0.4, 0.5) is 5.69 Å². The van der Waals surface area contributed by atoms with E-state index in [-0.39, 0.29) is 17.9 Å². The first kappa shape index (κ1) is 21.8. The Morgan fingerprint density at radius 3 is 2.55 bits per heavy atom. The lowest BCUT2D eigenvalue weighted by atomic mass is 10.0. The Morgan fingerprint density at radius 2 is 1.87 bits per heavy atom. The number of carbonyl (C=O) groups excluding carboxylic acids is 2. The number of benzene rings is 2. The van der Waals surface area contributed by atoms with Crippen molar-refractivity contribution in [2.24, 2.45) is 0 Å². The molecule has 1 atom stereocenters. The number of aryl methyl sites for hydroxylation is 1. The van der Waals surface area contributed by atoms with Crippen LogP contribution in [0.15, 0.2) is 42.5 Å². The third-order valence-corrected chi connectivity index (χ3v) is 6.22. The lowest BCUT2D eigenvalue weighted by Crippen LogP contribution is -2.43. The zero-order valence-electron chi connectivity index (χ0n) is 17.8. The quantitative estimate of drug-likeness (QED) is 0.744. The molecule has 7 heteroatoms. The molecule has 2 saturated heterocycles. The average molecular weight is 442 g/mol. The molecule has 1 N–H and O–H groups in total. The number of morpholine rings is 1. The smallest absolute Gasteiger partial charge is 0.251 e. The zero-order chi connectivity index (χ0) is 21.8. The Morgan fingerprint density at radius 1 is 1.13 bits per heavy atom. The van der Waals surface area contributed by atoms with Crippen molar-refractivity contribution in [3.05, 3.63) is 64.2 Å². The first-order valence-corrected chi connectivity index (χ1v) is 11.2. The molecule has 2 amide bonds. The van der Waals surface area contributed by atoms with Gasteiger partial charge < -0.3 is 15.0 Å². The van der Waals surface area contributed by atoms with E-state index in [0.29, 0.717) is 49.0 Å². The Kier molecular flexibility index (Phi) is 6.90. The summed E-state index contributed by atoms with van der Waals surface area (Å²) in [5, 5.41) is 3.68. The fourth-order valence-electron chi connectivity index (χ4n) is 4.08. The van der Waals surface area contributed by atoms with E-state index in [1.54, 1.807) is 23.1 Å². The largest absolute Gasteiger partial charge is 0.379 e. The molecule has 0 bridgehead atoms. The zero-order valence-corrected chi connectivity index (χ0v) is 18.5. The van der Waals surface area contributed by atoms with Crippen molar-refractivity contribution in [3.63, 3.8) is 0 Å². The number of halogens is 1. The molecule has 164 valence electrons. The first-order valence-electron chi connectivity index (χ1n) is 10.8. The van der Waals surface area contributed by atoms with Gasteiger partial charge in [-0.25, -0.2) is 0 Å². The summed E-state index contributed by atoms with van der Waals surface area (Å²) in [4.78, 5) is 29.3. The molecule has 2 aliphatic heterocycles. The van der Waals surface area contributed by atoms with Crippen molar-refractivity contribution in [1.82, 2.24) is 10.2 Å². The highest BCUT2D eigenvalue weighted by molar-refractivity contribution is 6.34. The summed E-state index contributed by atoms with van der Waals surface area (Å²) >= 11 is 6.35. The number of nitrogens with one attached hydrogen (secondary N) is 1. The fraction of sp³-hybridized carbons (Fsp3) is 0.417. The first-order chi connectivity index (χ1) is 15.0. The van der Waals surface area contributed by atoms with Crippen molar-refractivity contribution < 1.29 is 14.3 Å². The maximum atomic E-state index is 13.2. The molecule has 0 aliphatic carbocycles. The van der Waals surface area contributed by atoms with Gasteiger partial charge in [0.2, 0.25) is 5.91 Å². The molecule has 4 rings (SSSR count). The molecule has 0 saturated carbocycles. The van der Waals surface area contributed by atoms with Crippen LogP contribution in [-0.2, 0) is 9.53 Å². The van der Waals surface area contributed by atoms with Gasteiger partial charge in [-0.2, -0.15) is 0 Å². The Bertz CT molecular complexity index is 942. The number of hydrogen-bond acceptors (Lipinski definition) is 4. The van der Waals surface area contributed by atoms with Crippen molar-refractivity contribution in [2.75, 3.05) is 44.3 Å². The van der Waals surface area contributed by atoms with Crippen LogP contribution >= 0.6 is 11.6 Å². The van der Waals surface area contributed by atoms with Crippen LogP contribution in [0.3, 0.4) is 0 Å². The topological polar surface area (TPSA) is 61.9 Å². The summed E-state index contributed by atoms with van der Waals surface area (Å²) in [6, 6.07) is 13.2. The molecular formula is C24H28ClN3O3. The van der Waals surface area contributed by atoms with Crippen molar-refractivity contribution >= 4 is 29.1 Å². The van der Waals surface area contributed by atoms with Gasteiger partial charge in [-0.1, -0.05) is 41.4 Å². The van der Waals surface area contributed by atoms with Crippen LogP contribution in [0.5, 0.6) is 0 Å². The highest BCUT2D eigenvalue weighted by atomic mass is 35.5. The maximum absolute atomic E-state index is 13.2. The second-order valence-corrected chi connectivity index (χ2v) is 8.57. The van der Waals surface area contributed by atoms with Crippen LogP contribution in [0.25, 0.3) is 0 Å². The molecular weight excluding hydrogens is 414 g/mol. The predicted molar refractivity (Wildman–Crippen MR) is 122 cm³/mol. The van der Waals surface area contributed by atoms with E-state index in [0.717, 1.165) is 25.1 Å². The van der Waals surface area contributed by atoms with E-state index in [9.17, 15) is 9.59 Å². The van der Waals surface area contributed by atoms with E-state index < -0.39 is 0 Å². The second kappa shape index (κ2) is 9.81. The van der Waals surface area contributed by atoms with Crippen LogP contribution in [-0.4, -0.2) is 56.1 Å². The minimum absolute atomic E-state index is 0.0457.